The van der Waals surface area contributed by atoms with Gasteiger partial charge < -0.3 is 5.32 Å². The van der Waals surface area contributed by atoms with Gasteiger partial charge in [-0.25, -0.2) is 8.42 Å². The molecule has 2 heterocycles. The van der Waals surface area contributed by atoms with Crippen molar-refractivity contribution in [2.45, 2.75) is 30.7 Å². The molecular formula is C18H20ClN3O3S. The maximum absolute atomic E-state index is 12.8. The number of nitrogens with one attached hydrogen (secondary N) is 1. The van der Waals surface area contributed by atoms with Crippen molar-refractivity contribution < 1.29 is 13.2 Å². The molecule has 138 valence electrons. The molecular weight excluding hydrogens is 374 g/mol. The van der Waals surface area contributed by atoms with E-state index in [2.05, 4.69) is 10.3 Å². The lowest BCUT2D eigenvalue weighted by atomic mass is 10.1. The molecule has 3 rings (SSSR count). The Kier molecular flexibility index (Phi) is 5.60. The second-order valence-corrected chi connectivity index (χ2v) is 8.55. The molecule has 0 saturated carbocycles. The van der Waals surface area contributed by atoms with E-state index >= 15 is 0 Å². The van der Waals surface area contributed by atoms with Gasteiger partial charge in [-0.05, 0) is 49.6 Å². The summed E-state index contributed by atoms with van der Waals surface area (Å²) in [6.07, 6.45) is 5.00. The second kappa shape index (κ2) is 7.73. The zero-order chi connectivity index (χ0) is 18.7. The van der Waals surface area contributed by atoms with E-state index in [0.29, 0.717) is 13.1 Å². The lowest BCUT2D eigenvalue weighted by Gasteiger charge is -2.18. The van der Waals surface area contributed by atoms with Crippen LogP contribution in [0.15, 0.2) is 47.6 Å². The fourth-order valence-corrected chi connectivity index (χ4v) is 4.92. The first-order valence-electron chi connectivity index (χ1n) is 8.40. The molecule has 1 unspecified atom stereocenters. The van der Waals surface area contributed by atoms with E-state index < -0.39 is 10.0 Å². The summed E-state index contributed by atoms with van der Waals surface area (Å²) in [5.41, 5.74) is 1.11. The Bertz CT molecular complexity index is 897. The Morgan fingerprint density at radius 2 is 2.00 bits per heavy atom. The van der Waals surface area contributed by atoms with Crippen molar-refractivity contribution in [2.24, 2.45) is 0 Å². The highest BCUT2D eigenvalue weighted by atomic mass is 35.5. The quantitative estimate of drug-likeness (QED) is 0.846. The number of rotatable bonds is 5. The zero-order valence-electron chi connectivity index (χ0n) is 14.4. The molecule has 1 saturated heterocycles. The minimum atomic E-state index is -3.69. The van der Waals surface area contributed by atoms with Crippen molar-refractivity contribution in [1.29, 1.82) is 0 Å². The summed E-state index contributed by atoms with van der Waals surface area (Å²) in [5.74, 6) is -0.365. The third kappa shape index (κ3) is 3.90. The summed E-state index contributed by atoms with van der Waals surface area (Å²) in [5, 5.41) is 2.97. The van der Waals surface area contributed by atoms with Gasteiger partial charge in [-0.2, -0.15) is 4.31 Å². The van der Waals surface area contributed by atoms with Gasteiger partial charge in [0, 0.05) is 31.0 Å². The molecule has 1 aliphatic heterocycles. The fraction of sp³-hybridized carbons (Fsp3) is 0.333. The van der Waals surface area contributed by atoms with Gasteiger partial charge in [0.25, 0.3) is 5.91 Å². The van der Waals surface area contributed by atoms with Gasteiger partial charge in [0.2, 0.25) is 10.0 Å². The van der Waals surface area contributed by atoms with E-state index in [1.54, 1.807) is 18.5 Å². The lowest BCUT2D eigenvalue weighted by molar-refractivity contribution is 0.0939. The van der Waals surface area contributed by atoms with Crippen LogP contribution in [-0.2, 0) is 10.0 Å². The summed E-state index contributed by atoms with van der Waals surface area (Å²) in [6, 6.07) is 7.72. The smallest absolute Gasteiger partial charge is 0.251 e. The average Bonchev–Trinajstić information content (AvgIpc) is 3.18. The topological polar surface area (TPSA) is 79.4 Å². The molecule has 0 radical (unpaired) electrons. The summed E-state index contributed by atoms with van der Waals surface area (Å²) in [4.78, 5) is 16.6. The minimum Gasteiger partial charge on any atom is -0.345 e. The van der Waals surface area contributed by atoms with Crippen molar-refractivity contribution in [3.05, 3.63) is 58.9 Å². The molecule has 6 nitrogen and oxygen atoms in total. The molecule has 1 atom stereocenters. The Balaban J connectivity index is 1.84. The molecule has 1 N–H and O–H groups in total. The van der Waals surface area contributed by atoms with Crippen molar-refractivity contribution in [2.75, 3.05) is 13.1 Å². The van der Waals surface area contributed by atoms with Gasteiger partial charge in [0.15, 0.2) is 0 Å². The van der Waals surface area contributed by atoms with E-state index in [1.165, 1.54) is 22.5 Å². The Morgan fingerprint density at radius 3 is 2.65 bits per heavy atom. The van der Waals surface area contributed by atoms with Crippen LogP contribution in [0.1, 0.15) is 41.7 Å². The number of hydrogen-bond donors (Lipinski definition) is 1. The van der Waals surface area contributed by atoms with E-state index in [9.17, 15) is 13.2 Å². The van der Waals surface area contributed by atoms with Gasteiger partial charge in [0.05, 0.1) is 11.1 Å². The third-order valence-corrected chi connectivity index (χ3v) is 6.79. The fourth-order valence-electron chi connectivity index (χ4n) is 2.91. The highest BCUT2D eigenvalue weighted by molar-refractivity contribution is 7.89. The van der Waals surface area contributed by atoms with Crippen LogP contribution >= 0.6 is 11.6 Å². The van der Waals surface area contributed by atoms with Gasteiger partial charge >= 0.3 is 0 Å². The van der Waals surface area contributed by atoms with Crippen LogP contribution in [0.25, 0.3) is 0 Å². The number of hydrogen-bond acceptors (Lipinski definition) is 4. The van der Waals surface area contributed by atoms with E-state index in [0.717, 1.165) is 18.4 Å². The standard InChI is InChI=1S/C18H20ClN3O3S/c1-13(15-5-4-8-20-12-15)21-18(23)14-6-7-16(19)17(11-14)26(24,25)22-9-2-3-10-22/h4-8,11-13H,2-3,9-10H2,1H3,(H,21,23). The molecule has 1 aliphatic rings. The highest BCUT2D eigenvalue weighted by Crippen LogP contribution is 2.28. The number of benzene rings is 1. The molecule has 2 aromatic rings. The van der Waals surface area contributed by atoms with Crippen LogP contribution in [0.3, 0.4) is 0 Å². The van der Waals surface area contributed by atoms with Gasteiger partial charge in [-0.3, -0.25) is 9.78 Å². The highest BCUT2D eigenvalue weighted by Gasteiger charge is 2.29. The molecule has 1 aromatic heterocycles. The number of pyridine rings is 1. The van der Waals surface area contributed by atoms with Crippen LogP contribution in [0, 0.1) is 0 Å². The molecule has 8 heteroatoms. The first-order valence-corrected chi connectivity index (χ1v) is 10.2. The van der Waals surface area contributed by atoms with Crippen LogP contribution < -0.4 is 5.32 Å². The molecule has 0 aliphatic carbocycles. The monoisotopic (exact) mass is 393 g/mol. The Labute approximate surface area is 158 Å². The number of nitrogens with zero attached hydrogens (tertiary/aromatic N) is 2. The van der Waals surface area contributed by atoms with Crippen LogP contribution in [0.2, 0.25) is 5.02 Å². The first-order chi connectivity index (χ1) is 12.4. The maximum atomic E-state index is 12.8. The number of amides is 1. The molecule has 1 amide bonds. The Hall–Kier alpha value is -1.96. The second-order valence-electron chi connectivity index (χ2n) is 6.24. The predicted molar refractivity (Wildman–Crippen MR) is 99.6 cm³/mol. The van der Waals surface area contributed by atoms with Gasteiger partial charge in [0.1, 0.15) is 4.90 Å². The number of carbonyl (C=O) groups excluding carboxylic acids is 1. The van der Waals surface area contributed by atoms with Crippen LogP contribution in [0.4, 0.5) is 0 Å². The largest absolute Gasteiger partial charge is 0.345 e. The summed E-state index contributed by atoms with van der Waals surface area (Å²) >= 11 is 6.12. The van der Waals surface area contributed by atoms with Crippen molar-refractivity contribution in [3.63, 3.8) is 0 Å². The number of halogens is 1. The number of aromatic nitrogens is 1. The van der Waals surface area contributed by atoms with Gasteiger partial charge in [-0.15, -0.1) is 0 Å². The predicted octanol–water partition coefficient (Wildman–Crippen LogP) is 3.01. The molecule has 0 bridgehead atoms. The zero-order valence-corrected chi connectivity index (χ0v) is 15.9. The summed E-state index contributed by atoms with van der Waals surface area (Å²) < 4.78 is 27.0. The third-order valence-electron chi connectivity index (χ3n) is 4.41. The van der Waals surface area contributed by atoms with Crippen LogP contribution in [0.5, 0.6) is 0 Å². The van der Waals surface area contributed by atoms with E-state index in [1.807, 2.05) is 13.0 Å². The van der Waals surface area contributed by atoms with Crippen molar-refractivity contribution >= 4 is 27.5 Å². The minimum absolute atomic E-state index is 0.0252. The lowest BCUT2D eigenvalue weighted by Crippen LogP contribution is -2.29. The normalized spacial score (nSPS) is 16.4. The van der Waals surface area contributed by atoms with Crippen molar-refractivity contribution in [1.82, 2.24) is 14.6 Å². The number of sulfonamides is 1. The number of carbonyl (C=O) groups is 1. The first kappa shape index (κ1) is 18.8. The molecule has 26 heavy (non-hydrogen) atoms. The van der Waals surface area contributed by atoms with E-state index in [-0.39, 0.29) is 27.4 Å². The average molecular weight is 394 g/mol. The summed E-state index contributed by atoms with van der Waals surface area (Å²) in [7, 11) is -3.69. The Morgan fingerprint density at radius 1 is 1.27 bits per heavy atom. The molecule has 1 aromatic carbocycles. The van der Waals surface area contributed by atoms with E-state index in [4.69, 9.17) is 11.6 Å². The maximum Gasteiger partial charge on any atom is 0.251 e. The molecule has 0 spiro atoms. The summed E-state index contributed by atoms with van der Waals surface area (Å²) in [6.45, 7) is 2.80. The van der Waals surface area contributed by atoms with Crippen LogP contribution in [-0.4, -0.2) is 36.7 Å². The SMILES string of the molecule is CC(NC(=O)c1ccc(Cl)c(S(=O)(=O)N2CCCC2)c1)c1cccnc1. The van der Waals surface area contributed by atoms with Crippen molar-refractivity contribution in [3.8, 4) is 0 Å². The molecule has 1 fully saturated rings. The van der Waals surface area contributed by atoms with Gasteiger partial charge in [-0.1, -0.05) is 17.7 Å².